The number of nitrogens with zero attached hydrogens (tertiary/aromatic N) is 5. The lowest BCUT2D eigenvalue weighted by atomic mass is 10.2. The topological polar surface area (TPSA) is 48.7 Å². The molecule has 2 aromatic heterocycles. The number of hydrogen-bond acceptors (Lipinski definition) is 3. The van der Waals surface area contributed by atoms with Crippen LogP contribution in [0.4, 0.5) is 5.82 Å². The second kappa shape index (κ2) is 9.44. The van der Waals surface area contributed by atoms with Crippen LogP contribution in [0.2, 0.25) is 0 Å². The summed E-state index contributed by atoms with van der Waals surface area (Å²) in [7, 11) is 5.97. The van der Waals surface area contributed by atoms with Crippen LogP contribution in [0.25, 0.3) is 0 Å². The van der Waals surface area contributed by atoms with Crippen molar-refractivity contribution in [1.29, 1.82) is 0 Å². The summed E-state index contributed by atoms with van der Waals surface area (Å²) in [5.74, 6) is 1.99. The van der Waals surface area contributed by atoms with Gasteiger partial charge in [-0.2, -0.15) is 0 Å². The zero-order chi connectivity index (χ0) is 19.1. The van der Waals surface area contributed by atoms with Crippen molar-refractivity contribution in [2.75, 3.05) is 32.1 Å². The molecule has 0 amide bonds. The van der Waals surface area contributed by atoms with Crippen LogP contribution < -0.4 is 10.2 Å². The smallest absolute Gasteiger partial charge is 0.194 e. The van der Waals surface area contributed by atoms with Crippen LogP contribution in [0.1, 0.15) is 36.9 Å². The van der Waals surface area contributed by atoms with E-state index in [0.717, 1.165) is 38.0 Å². The summed E-state index contributed by atoms with van der Waals surface area (Å²) in [4.78, 5) is 13.6. The van der Waals surface area contributed by atoms with E-state index < -0.39 is 0 Å². The van der Waals surface area contributed by atoms with E-state index in [1.807, 2.05) is 13.2 Å². The van der Waals surface area contributed by atoms with Gasteiger partial charge in [-0.25, -0.2) is 4.98 Å². The molecule has 2 aromatic rings. The molecule has 0 aromatic carbocycles. The number of rotatable bonds is 5. The number of aliphatic imine (C=N–C) groups is 1. The Morgan fingerprint density at radius 1 is 1.22 bits per heavy atom. The standard InChI is InChI=1S/C21H32N6/c1-22-21(26(3)17-19-9-8-12-25(19)2)24-16-18-10-11-23-20(15-18)27-13-6-4-5-7-14-27/h8-12,15H,4-7,13-14,16-17H2,1-3H3,(H,22,24). The van der Waals surface area contributed by atoms with Gasteiger partial charge >= 0.3 is 0 Å². The first-order valence-corrected chi connectivity index (χ1v) is 9.89. The maximum absolute atomic E-state index is 4.60. The second-order valence-corrected chi connectivity index (χ2v) is 7.29. The maximum atomic E-state index is 4.60. The fourth-order valence-corrected chi connectivity index (χ4v) is 3.59. The molecular weight excluding hydrogens is 336 g/mol. The number of anilines is 1. The monoisotopic (exact) mass is 368 g/mol. The molecular formula is C21H32N6. The summed E-state index contributed by atoms with van der Waals surface area (Å²) in [5, 5.41) is 3.48. The molecule has 0 atom stereocenters. The number of hydrogen-bond donors (Lipinski definition) is 1. The van der Waals surface area contributed by atoms with Crippen LogP contribution in [0.3, 0.4) is 0 Å². The van der Waals surface area contributed by atoms with Gasteiger partial charge in [0.2, 0.25) is 0 Å². The third-order valence-electron chi connectivity index (χ3n) is 5.21. The van der Waals surface area contributed by atoms with E-state index in [4.69, 9.17) is 0 Å². The molecule has 1 aliphatic rings. The van der Waals surface area contributed by atoms with Gasteiger partial charge < -0.3 is 19.7 Å². The van der Waals surface area contributed by atoms with Gasteiger partial charge in [0, 0.05) is 58.9 Å². The van der Waals surface area contributed by atoms with Crippen molar-refractivity contribution in [3.05, 3.63) is 47.9 Å². The SMILES string of the molecule is CN=C(NCc1ccnc(N2CCCCCC2)c1)N(C)Cc1cccn1C. The molecule has 3 rings (SSSR count). The van der Waals surface area contributed by atoms with E-state index in [1.54, 1.807) is 0 Å². The summed E-state index contributed by atoms with van der Waals surface area (Å²) in [6, 6.07) is 8.50. The van der Waals surface area contributed by atoms with E-state index >= 15 is 0 Å². The predicted octanol–water partition coefficient (Wildman–Crippen LogP) is 3.01. The van der Waals surface area contributed by atoms with Gasteiger partial charge in [-0.1, -0.05) is 12.8 Å². The maximum Gasteiger partial charge on any atom is 0.194 e. The highest BCUT2D eigenvalue weighted by Gasteiger charge is 2.12. The average molecular weight is 369 g/mol. The number of aromatic nitrogens is 2. The molecule has 1 aliphatic heterocycles. The van der Waals surface area contributed by atoms with Crippen LogP contribution in [-0.2, 0) is 20.1 Å². The van der Waals surface area contributed by atoms with Crippen LogP contribution in [-0.4, -0.2) is 47.6 Å². The molecule has 1 saturated heterocycles. The Kier molecular flexibility index (Phi) is 6.74. The lowest BCUT2D eigenvalue weighted by Crippen LogP contribution is -2.38. The van der Waals surface area contributed by atoms with Crippen molar-refractivity contribution in [1.82, 2.24) is 19.8 Å². The Morgan fingerprint density at radius 2 is 2.00 bits per heavy atom. The highest BCUT2D eigenvalue weighted by atomic mass is 15.3. The highest BCUT2D eigenvalue weighted by Crippen LogP contribution is 2.18. The van der Waals surface area contributed by atoms with Gasteiger partial charge in [0.15, 0.2) is 5.96 Å². The lowest BCUT2D eigenvalue weighted by molar-refractivity contribution is 0.461. The highest BCUT2D eigenvalue weighted by molar-refractivity contribution is 5.79. The van der Waals surface area contributed by atoms with E-state index in [1.165, 1.54) is 36.9 Å². The summed E-state index contributed by atoms with van der Waals surface area (Å²) in [6.45, 7) is 3.79. The summed E-state index contributed by atoms with van der Waals surface area (Å²) in [5.41, 5.74) is 2.49. The largest absolute Gasteiger partial charge is 0.357 e. The third kappa shape index (κ3) is 5.25. The summed E-state index contributed by atoms with van der Waals surface area (Å²) in [6.07, 6.45) is 9.19. The Balaban J connectivity index is 1.59. The lowest BCUT2D eigenvalue weighted by Gasteiger charge is -2.23. The first-order chi connectivity index (χ1) is 13.2. The molecule has 1 fully saturated rings. The average Bonchev–Trinajstić information content (AvgIpc) is 2.92. The first-order valence-electron chi connectivity index (χ1n) is 9.89. The molecule has 27 heavy (non-hydrogen) atoms. The zero-order valence-corrected chi connectivity index (χ0v) is 16.9. The van der Waals surface area contributed by atoms with Crippen molar-refractivity contribution in [2.45, 2.75) is 38.8 Å². The molecule has 0 saturated carbocycles. The fraction of sp³-hybridized carbons (Fsp3) is 0.524. The number of pyridine rings is 1. The van der Waals surface area contributed by atoms with E-state index in [9.17, 15) is 0 Å². The molecule has 0 bridgehead atoms. The van der Waals surface area contributed by atoms with Crippen molar-refractivity contribution >= 4 is 11.8 Å². The van der Waals surface area contributed by atoms with Crippen molar-refractivity contribution in [3.63, 3.8) is 0 Å². The minimum Gasteiger partial charge on any atom is -0.357 e. The first kappa shape index (κ1) is 19.3. The molecule has 146 valence electrons. The Morgan fingerprint density at radius 3 is 2.67 bits per heavy atom. The van der Waals surface area contributed by atoms with Gasteiger partial charge in [0.1, 0.15) is 5.82 Å². The number of nitrogens with one attached hydrogen (secondary N) is 1. The molecule has 1 N–H and O–H groups in total. The summed E-state index contributed by atoms with van der Waals surface area (Å²) < 4.78 is 2.14. The molecule has 0 radical (unpaired) electrons. The predicted molar refractivity (Wildman–Crippen MR) is 112 cm³/mol. The van der Waals surface area contributed by atoms with Crippen LogP contribution in [0.5, 0.6) is 0 Å². The quantitative estimate of drug-likeness (QED) is 0.651. The number of guanidine groups is 1. The molecule has 3 heterocycles. The number of aryl methyl sites for hydroxylation is 1. The van der Waals surface area contributed by atoms with Crippen LogP contribution >= 0.6 is 0 Å². The Hall–Kier alpha value is -2.50. The second-order valence-electron chi connectivity index (χ2n) is 7.29. The van der Waals surface area contributed by atoms with Gasteiger partial charge in [0.25, 0.3) is 0 Å². The van der Waals surface area contributed by atoms with Gasteiger partial charge in [0.05, 0.1) is 6.54 Å². The van der Waals surface area contributed by atoms with Crippen molar-refractivity contribution in [2.24, 2.45) is 12.0 Å². The Bertz CT molecular complexity index is 743. The molecule has 0 unspecified atom stereocenters. The zero-order valence-electron chi connectivity index (χ0n) is 16.9. The van der Waals surface area contributed by atoms with E-state index in [0.29, 0.717) is 0 Å². The summed E-state index contributed by atoms with van der Waals surface area (Å²) >= 11 is 0. The minimum atomic E-state index is 0.744. The molecule has 6 heteroatoms. The van der Waals surface area contributed by atoms with E-state index in [-0.39, 0.29) is 0 Å². The van der Waals surface area contributed by atoms with Gasteiger partial charge in [-0.3, -0.25) is 4.99 Å². The normalized spacial score (nSPS) is 15.5. The van der Waals surface area contributed by atoms with Crippen molar-refractivity contribution in [3.8, 4) is 0 Å². The molecule has 6 nitrogen and oxygen atoms in total. The Labute approximate surface area is 162 Å². The van der Waals surface area contributed by atoms with Crippen molar-refractivity contribution < 1.29 is 0 Å². The van der Waals surface area contributed by atoms with Crippen LogP contribution in [0.15, 0.2) is 41.7 Å². The molecule has 0 spiro atoms. The fourth-order valence-electron chi connectivity index (χ4n) is 3.59. The van der Waals surface area contributed by atoms with Gasteiger partial charge in [-0.05, 0) is 42.7 Å². The van der Waals surface area contributed by atoms with E-state index in [2.05, 4.69) is 74.2 Å². The van der Waals surface area contributed by atoms with Gasteiger partial charge in [-0.15, -0.1) is 0 Å². The van der Waals surface area contributed by atoms with Crippen LogP contribution in [0, 0.1) is 0 Å². The third-order valence-corrected chi connectivity index (χ3v) is 5.21. The molecule has 0 aliphatic carbocycles. The minimum absolute atomic E-state index is 0.744.